The molecule has 1 N–H and O–H groups in total. The Kier molecular flexibility index (Phi) is 7.87. The second-order valence-corrected chi connectivity index (χ2v) is 12.6. The van der Waals surface area contributed by atoms with Gasteiger partial charge in [-0.1, -0.05) is 115 Å². The minimum Gasteiger partial charge on any atom is -0.314 e. The van der Waals surface area contributed by atoms with E-state index in [4.69, 9.17) is 0 Å². The molecule has 38 heavy (non-hydrogen) atoms. The molecule has 0 aromatic heterocycles. The summed E-state index contributed by atoms with van der Waals surface area (Å²) in [6.45, 7) is 0. The first-order valence-electron chi connectivity index (χ1n) is 12.7. The number of Topliss-reactive ketones (excluding diaryl/α,β-unsaturated/α-hetero) is 1. The number of amides is 1. The average molecular weight is 515 g/mol. The summed E-state index contributed by atoms with van der Waals surface area (Å²) in [7, 11) is -2.73. The maximum atomic E-state index is 14.5. The number of nitrogens with one attached hydrogen (secondary N) is 1. The van der Waals surface area contributed by atoms with E-state index < -0.39 is 13.0 Å². The lowest BCUT2D eigenvalue weighted by atomic mass is 10.1. The average Bonchev–Trinajstić information content (AvgIpc) is 2.99. The summed E-state index contributed by atoms with van der Waals surface area (Å²) in [5, 5.41) is 6.36. The van der Waals surface area contributed by atoms with Crippen molar-refractivity contribution < 1.29 is 9.59 Å². The molecule has 1 atom stereocenters. The van der Waals surface area contributed by atoms with E-state index in [2.05, 4.69) is 41.7 Å². The molecular weight excluding hydrogens is 485 g/mol. The quantitative estimate of drug-likeness (QED) is 0.207. The minimum absolute atomic E-state index is 0.100. The first-order chi connectivity index (χ1) is 18.7. The van der Waals surface area contributed by atoms with Crippen LogP contribution in [0.3, 0.4) is 0 Å². The summed E-state index contributed by atoms with van der Waals surface area (Å²) in [6, 6.07) is 49.4. The third-order valence-electron chi connectivity index (χ3n) is 6.69. The Bertz CT molecular complexity index is 1380. The number of carbonyl (C=O) groups excluding carboxylic acids is 2. The lowest BCUT2D eigenvalue weighted by Gasteiger charge is -2.34. The van der Waals surface area contributed by atoms with Crippen molar-refractivity contribution in [3.05, 3.63) is 163 Å². The van der Waals surface area contributed by atoms with Crippen LogP contribution in [-0.4, -0.2) is 17.5 Å². The molecular formula is C34H29NO2P+. The molecule has 0 heterocycles. The van der Waals surface area contributed by atoms with Gasteiger partial charge in [0.15, 0.2) is 0 Å². The zero-order valence-corrected chi connectivity index (χ0v) is 21.9. The van der Waals surface area contributed by atoms with Gasteiger partial charge in [0.25, 0.3) is 0 Å². The van der Waals surface area contributed by atoms with E-state index in [1.165, 1.54) is 0 Å². The van der Waals surface area contributed by atoms with Gasteiger partial charge in [0.05, 0.1) is 6.42 Å². The first kappa shape index (κ1) is 25.3. The molecule has 5 rings (SSSR count). The van der Waals surface area contributed by atoms with Gasteiger partial charge in [-0.2, -0.15) is 0 Å². The van der Waals surface area contributed by atoms with Crippen LogP contribution in [0.25, 0.3) is 0 Å². The normalized spacial score (nSPS) is 11.9. The summed E-state index contributed by atoms with van der Waals surface area (Å²) in [6.07, 6.45) is 0.192. The van der Waals surface area contributed by atoms with Gasteiger partial charge < -0.3 is 5.32 Å². The predicted octanol–water partition coefficient (Wildman–Crippen LogP) is 5.55. The Balaban J connectivity index is 1.75. The molecule has 0 radical (unpaired) electrons. The second kappa shape index (κ2) is 11.8. The molecule has 0 bridgehead atoms. The highest BCUT2D eigenvalue weighted by Gasteiger charge is 2.56. The topological polar surface area (TPSA) is 46.2 Å². The van der Waals surface area contributed by atoms with Crippen molar-refractivity contribution in [1.29, 1.82) is 0 Å². The summed E-state index contributed by atoms with van der Waals surface area (Å²) in [4.78, 5) is 28.2. The van der Waals surface area contributed by atoms with Crippen LogP contribution in [0.15, 0.2) is 152 Å². The molecule has 5 aromatic carbocycles. The lowest BCUT2D eigenvalue weighted by molar-refractivity contribution is -0.120. The third-order valence-corrected chi connectivity index (χ3v) is 11.2. The van der Waals surface area contributed by atoms with Crippen LogP contribution >= 0.6 is 7.26 Å². The molecule has 0 spiro atoms. The number of carbonyl (C=O) groups is 2. The smallest absolute Gasteiger partial charge is 0.227 e. The third kappa shape index (κ3) is 5.20. The van der Waals surface area contributed by atoms with Gasteiger partial charge in [-0.05, 0) is 42.0 Å². The molecule has 0 fully saturated rings. The zero-order chi connectivity index (χ0) is 26.2. The number of hydrogen-bond acceptors (Lipinski definition) is 2. The van der Waals surface area contributed by atoms with Crippen molar-refractivity contribution in [1.82, 2.24) is 5.32 Å². The SMILES string of the molecule is O=C(Cc1ccccc1)N[C@@H](C(=O)c1ccccc1)[P+](c1ccccc1)(c1ccccc1)c1ccccc1. The standard InChI is InChI=1S/C34H28NO2P/c36-32(26-27-16-6-1-7-17-27)35-34(33(37)28-18-8-2-9-19-28)38(29-20-10-3-11-21-29,30-22-12-4-13-23-30)31-24-14-5-15-25-31/h1-25,34H,26H2/p+1/t34-/m1/s1. The van der Waals surface area contributed by atoms with Gasteiger partial charge in [0.2, 0.25) is 17.5 Å². The highest BCUT2D eigenvalue weighted by atomic mass is 31.2. The molecule has 5 aromatic rings. The van der Waals surface area contributed by atoms with Crippen LogP contribution in [0.1, 0.15) is 15.9 Å². The van der Waals surface area contributed by atoms with E-state index >= 15 is 0 Å². The maximum absolute atomic E-state index is 14.5. The Morgan fingerprint density at radius 1 is 0.526 bits per heavy atom. The molecule has 0 aliphatic carbocycles. The largest absolute Gasteiger partial charge is 0.314 e. The van der Waals surface area contributed by atoms with E-state index in [9.17, 15) is 9.59 Å². The van der Waals surface area contributed by atoms with Gasteiger partial charge in [0, 0.05) is 5.56 Å². The molecule has 1 amide bonds. The van der Waals surface area contributed by atoms with E-state index in [1.54, 1.807) is 0 Å². The Morgan fingerprint density at radius 2 is 0.895 bits per heavy atom. The summed E-state index contributed by atoms with van der Waals surface area (Å²) in [5.74, 6) is -1.08. The number of benzene rings is 5. The fourth-order valence-electron chi connectivity index (χ4n) is 4.97. The number of ketones is 1. The first-order valence-corrected chi connectivity index (χ1v) is 14.5. The van der Waals surface area contributed by atoms with E-state index in [-0.39, 0.29) is 18.1 Å². The van der Waals surface area contributed by atoms with Crippen LogP contribution in [0, 0.1) is 0 Å². The van der Waals surface area contributed by atoms with E-state index in [0.717, 1.165) is 21.5 Å². The number of rotatable bonds is 9. The van der Waals surface area contributed by atoms with Crippen LogP contribution in [0.2, 0.25) is 0 Å². The van der Waals surface area contributed by atoms with Gasteiger partial charge >= 0.3 is 0 Å². The van der Waals surface area contributed by atoms with Gasteiger partial charge in [0.1, 0.15) is 23.2 Å². The van der Waals surface area contributed by atoms with Crippen molar-refractivity contribution in [3.8, 4) is 0 Å². The van der Waals surface area contributed by atoms with Crippen molar-refractivity contribution in [2.45, 2.75) is 12.2 Å². The molecule has 0 saturated heterocycles. The van der Waals surface area contributed by atoms with Crippen molar-refractivity contribution in [2.75, 3.05) is 0 Å². The fraction of sp³-hybridized carbons (Fsp3) is 0.0588. The van der Waals surface area contributed by atoms with E-state index in [1.807, 2.05) is 115 Å². The van der Waals surface area contributed by atoms with Gasteiger partial charge in [-0.3, -0.25) is 9.59 Å². The van der Waals surface area contributed by atoms with Gasteiger partial charge in [-0.15, -0.1) is 0 Å². The van der Waals surface area contributed by atoms with Crippen molar-refractivity contribution >= 4 is 34.9 Å². The monoisotopic (exact) mass is 514 g/mol. The molecule has 186 valence electrons. The van der Waals surface area contributed by atoms with Crippen LogP contribution in [-0.2, 0) is 11.2 Å². The molecule has 3 nitrogen and oxygen atoms in total. The van der Waals surface area contributed by atoms with Crippen LogP contribution < -0.4 is 21.2 Å². The highest BCUT2D eigenvalue weighted by Crippen LogP contribution is 2.59. The molecule has 0 unspecified atom stereocenters. The Labute approximate surface area is 224 Å². The van der Waals surface area contributed by atoms with Crippen molar-refractivity contribution in [3.63, 3.8) is 0 Å². The van der Waals surface area contributed by atoms with Crippen LogP contribution in [0.4, 0.5) is 0 Å². The highest BCUT2D eigenvalue weighted by molar-refractivity contribution is 7.96. The molecule has 0 saturated carbocycles. The van der Waals surface area contributed by atoms with Crippen molar-refractivity contribution in [2.24, 2.45) is 0 Å². The number of hydrogen-bond donors (Lipinski definition) is 1. The summed E-state index contributed by atoms with van der Waals surface area (Å²) >= 11 is 0. The Morgan fingerprint density at radius 3 is 1.32 bits per heavy atom. The maximum Gasteiger partial charge on any atom is 0.227 e. The second-order valence-electron chi connectivity index (χ2n) is 9.09. The Hall–Kier alpha value is -4.33. The van der Waals surface area contributed by atoms with Gasteiger partial charge in [-0.25, -0.2) is 0 Å². The fourth-order valence-corrected chi connectivity index (χ4v) is 9.52. The molecule has 0 aliphatic heterocycles. The van der Waals surface area contributed by atoms with E-state index in [0.29, 0.717) is 5.56 Å². The summed E-state index contributed by atoms with van der Waals surface area (Å²) < 4.78 is 0. The lowest BCUT2D eigenvalue weighted by Crippen LogP contribution is -2.51. The van der Waals surface area contributed by atoms with Crippen LogP contribution in [0.5, 0.6) is 0 Å². The minimum atomic E-state index is -2.73. The zero-order valence-electron chi connectivity index (χ0n) is 21.0. The molecule has 4 heteroatoms. The summed E-state index contributed by atoms with van der Waals surface area (Å²) in [5.41, 5.74) is 1.48. The molecule has 0 aliphatic rings. The predicted molar refractivity (Wildman–Crippen MR) is 158 cm³/mol.